The lowest BCUT2D eigenvalue weighted by Crippen LogP contribution is -2.53. The van der Waals surface area contributed by atoms with Crippen LogP contribution in [0, 0.1) is 5.92 Å². The average molecular weight is 757 g/mol. The van der Waals surface area contributed by atoms with Gasteiger partial charge in [0.05, 0.1) is 41.5 Å². The van der Waals surface area contributed by atoms with Crippen molar-refractivity contribution < 1.29 is 32.2 Å². The molecule has 0 unspecified atom stereocenters. The van der Waals surface area contributed by atoms with Gasteiger partial charge in [-0.3, -0.25) is 13.9 Å². The number of hydrogen-bond acceptors (Lipinski definition) is 7. The molecular weight excluding hydrogens is 713 g/mol. The van der Waals surface area contributed by atoms with E-state index in [4.69, 9.17) is 37.4 Å². The van der Waals surface area contributed by atoms with Crippen LogP contribution in [0.2, 0.25) is 10.0 Å². The SMILES string of the molecule is CCOc1ccc(N(CC(=O)N(Cc2ccc(Cl)c(Cl)c2)[C@H](Cc2ccccc2)C(=O)NCC(C)C)S(=O)(=O)c2ccc(OC)c(OC)c2)cc1. The van der Waals surface area contributed by atoms with E-state index in [1.165, 1.54) is 37.3 Å². The van der Waals surface area contributed by atoms with Crippen molar-refractivity contribution in [2.75, 3.05) is 38.2 Å². The van der Waals surface area contributed by atoms with Crippen LogP contribution in [0.5, 0.6) is 17.2 Å². The van der Waals surface area contributed by atoms with Gasteiger partial charge >= 0.3 is 0 Å². The number of nitrogens with one attached hydrogen (secondary N) is 1. The summed E-state index contributed by atoms with van der Waals surface area (Å²) in [6, 6.07) is 23.9. The van der Waals surface area contributed by atoms with Crippen LogP contribution in [-0.2, 0) is 32.6 Å². The Kier molecular flexibility index (Phi) is 14.0. The van der Waals surface area contributed by atoms with E-state index in [2.05, 4.69) is 5.32 Å². The number of rotatable bonds is 17. The standard InChI is InChI=1S/C38H43Cl2N3O7S/c1-6-50-30-15-13-29(14-16-30)43(51(46,47)31-17-19-35(48-4)36(22-31)49-5)25-37(44)42(24-28-12-18-32(39)33(40)20-28)34(38(45)41-23-26(2)3)21-27-10-8-7-9-11-27/h7-20,22,26,34H,6,21,23-25H2,1-5H3,(H,41,45)/t34-/m1/s1. The molecule has 0 aliphatic rings. The van der Waals surface area contributed by atoms with Gasteiger partial charge in [0.1, 0.15) is 18.3 Å². The molecule has 0 aromatic heterocycles. The molecule has 0 radical (unpaired) electrons. The smallest absolute Gasteiger partial charge is 0.264 e. The van der Waals surface area contributed by atoms with Gasteiger partial charge in [0.25, 0.3) is 10.0 Å². The van der Waals surface area contributed by atoms with E-state index in [1.54, 1.807) is 42.5 Å². The van der Waals surface area contributed by atoms with Crippen LogP contribution in [0.4, 0.5) is 5.69 Å². The first-order valence-corrected chi connectivity index (χ1v) is 18.6. The summed E-state index contributed by atoms with van der Waals surface area (Å²) in [5, 5.41) is 3.58. The average Bonchev–Trinajstić information content (AvgIpc) is 3.12. The number of carbonyl (C=O) groups excluding carboxylic acids is 2. The molecule has 272 valence electrons. The third kappa shape index (κ3) is 10.3. The molecule has 4 rings (SSSR count). The first-order valence-electron chi connectivity index (χ1n) is 16.4. The summed E-state index contributed by atoms with van der Waals surface area (Å²) in [4.78, 5) is 30.0. The maximum absolute atomic E-state index is 14.7. The van der Waals surface area contributed by atoms with Crippen LogP contribution in [0.3, 0.4) is 0 Å². The lowest BCUT2D eigenvalue weighted by atomic mass is 10.0. The lowest BCUT2D eigenvalue weighted by Gasteiger charge is -2.34. The zero-order chi connectivity index (χ0) is 37.1. The number of halogens is 2. The second-order valence-corrected chi connectivity index (χ2v) is 14.7. The molecule has 4 aromatic rings. The summed E-state index contributed by atoms with van der Waals surface area (Å²) in [7, 11) is -1.56. The monoisotopic (exact) mass is 755 g/mol. The number of benzene rings is 4. The van der Waals surface area contributed by atoms with Crippen LogP contribution in [0.15, 0.2) is 95.9 Å². The van der Waals surface area contributed by atoms with Gasteiger partial charge in [0, 0.05) is 25.6 Å². The number of ether oxygens (including phenoxy) is 3. The Morgan fingerprint density at radius 2 is 1.51 bits per heavy atom. The Bertz CT molecular complexity index is 1890. The van der Waals surface area contributed by atoms with Gasteiger partial charge in [-0.25, -0.2) is 8.42 Å². The van der Waals surface area contributed by atoms with Crippen LogP contribution >= 0.6 is 23.2 Å². The highest BCUT2D eigenvalue weighted by Crippen LogP contribution is 2.33. The molecule has 0 heterocycles. The second kappa shape index (κ2) is 18.2. The van der Waals surface area contributed by atoms with Crippen molar-refractivity contribution in [3.8, 4) is 17.2 Å². The van der Waals surface area contributed by atoms with Gasteiger partial charge in [-0.1, -0.05) is 73.4 Å². The van der Waals surface area contributed by atoms with E-state index in [1.807, 2.05) is 51.1 Å². The highest BCUT2D eigenvalue weighted by atomic mass is 35.5. The van der Waals surface area contributed by atoms with Crippen molar-refractivity contribution in [1.29, 1.82) is 0 Å². The van der Waals surface area contributed by atoms with E-state index in [9.17, 15) is 18.0 Å². The number of sulfonamides is 1. The highest BCUT2D eigenvalue weighted by molar-refractivity contribution is 7.92. The van der Waals surface area contributed by atoms with Gasteiger partial charge in [-0.15, -0.1) is 0 Å². The fourth-order valence-electron chi connectivity index (χ4n) is 5.32. The molecule has 0 saturated heterocycles. The summed E-state index contributed by atoms with van der Waals surface area (Å²) in [6.07, 6.45) is 0.170. The molecule has 0 saturated carbocycles. The van der Waals surface area contributed by atoms with E-state index in [0.717, 1.165) is 9.87 Å². The summed E-state index contributed by atoms with van der Waals surface area (Å²) < 4.78 is 46.3. The van der Waals surface area contributed by atoms with Crippen molar-refractivity contribution in [2.45, 2.75) is 44.7 Å². The van der Waals surface area contributed by atoms with E-state index in [0.29, 0.717) is 35.2 Å². The molecule has 0 spiro atoms. The van der Waals surface area contributed by atoms with Crippen molar-refractivity contribution in [3.63, 3.8) is 0 Å². The van der Waals surface area contributed by atoms with Crippen LogP contribution in [0.25, 0.3) is 0 Å². The van der Waals surface area contributed by atoms with E-state index < -0.39 is 28.5 Å². The third-order valence-electron chi connectivity index (χ3n) is 7.95. The number of nitrogens with zero attached hydrogens (tertiary/aromatic N) is 2. The zero-order valence-corrected chi connectivity index (χ0v) is 31.6. The molecule has 1 atom stereocenters. The molecule has 0 aliphatic heterocycles. The first-order chi connectivity index (χ1) is 24.4. The summed E-state index contributed by atoms with van der Waals surface area (Å²) in [5.41, 5.74) is 1.62. The van der Waals surface area contributed by atoms with Crippen molar-refractivity contribution in [1.82, 2.24) is 10.2 Å². The predicted molar refractivity (Wildman–Crippen MR) is 200 cm³/mol. The Hall–Kier alpha value is -4.45. The molecular formula is C38H43Cl2N3O7S. The molecule has 51 heavy (non-hydrogen) atoms. The minimum Gasteiger partial charge on any atom is -0.494 e. The number of anilines is 1. The Labute approximate surface area is 310 Å². The molecule has 1 N–H and O–H groups in total. The second-order valence-electron chi connectivity index (χ2n) is 12.1. The van der Waals surface area contributed by atoms with Gasteiger partial charge < -0.3 is 24.4 Å². The van der Waals surface area contributed by atoms with Gasteiger partial charge in [-0.2, -0.15) is 0 Å². The minimum absolute atomic E-state index is 0.0597. The Morgan fingerprint density at radius 1 is 0.824 bits per heavy atom. The van der Waals surface area contributed by atoms with Gasteiger partial charge in [-0.05, 0) is 72.5 Å². The molecule has 4 aromatic carbocycles. The van der Waals surface area contributed by atoms with Crippen LogP contribution in [0.1, 0.15) is 31.9 Å². The van der Waals surface area contributed by atoms with Crippen molar-refractivity contribution in [3.05, 3.63) is 112 Å². The number of carbonyl (C=O) groups is 2. The Morgan fingerprint density at radius 3 is 2.12 bits per heavy atom. The first kappa shape index (κ1) is 39.3. The van der Waals surface area contributed by atoms with Crippen molar-refractivity contribution >= 4 is 50.7 Å². The topological polar surface area (TPSA) is 114 Å². The fourth-order valence-corrected chi connectivity index (χ4v) is 7.07. The number of methoxy groups -OCH3 is 2. The molecule has 10 nitrogen and oxygen atoms in total. The molecule has 0 bridgehead atoms. The zero-order valence-electron chi connectivity index (χ0n) is 29.3. The van der Waals surface area contributed by atoms with E-state index in [-0.39, 0.29) is 46.1 Å². The maximum atomic E-state index is 14.7. The molecule has 2 amide bonds. The highest BCUT2D eigenvalue weighted by Gasteiger charge is 2.35. The third-order valence-corrected chi connectivity index (χ3v) is 10.5. The largest absolute Gasteiger partial charge is 0.494 e. The summed E-state index contributed by atoms with van der Waals surface area (Å²) >= 11 is 12.6. The number of amides is 2. The molecule has 0 aliphatic carbocycles. The minimum atomic E-state index is -4.41. The van der Waals surface area contributed by atoms with Gasteiger partial charge in [0.15, 0.2) is 11.5 Å². The Balaban J connectivity index is 1.84. The normalized spacial score (nSPS) is 11.8. The summed E-state index contributed by atoms with van der Waals surface area (Å²) in [5.74, 6) is 0.206. The fraction of sp³-hybridized carbons (Fsp3) is 0.316. The van der Waals surface area contributed by atoms with Crippen LogP contribution < -0.4 is 23.8 Å². The van der Waals surface area contributed by atoms with E-state index >= 15 is 0 Å². The van der Waals surface area contributed by atoms with Gasteiger partial charge in [0.2, 0.25) is 11.8 Å². The summed E-state index contributed by atoms with van der Waals surface area (Å²) in [6.45, 7) is 5.87. The quantitative estimate of drug-likeness (QED) is 0.123. The number of hydrogen-bond donors (Lipinski definition) is 1. The van der Waals surface area contributed by atoms with Crippen molar-refractivity contribution in [2.24, 2.45) is 5.92 Å². The van der Waals surface area contributed by atoms with Crippen LogP contribution in [-0.4, -0.2) is 65.1 Å². The maximum Gasteiger partial charge on any atom is 0.264 e. The predicted octanol–water partition coefficient (Wildman–Crippen LogP) is 7.02. The molecule has 13 heteroatoms. The lowest BCUT2D eigenvalue weighted by molar-refractivity contribution is -0.140. The molecule has 0 fully saturated rings.